The molecule has 1 aliphatic rings. The quantitative estimate of drug-likeness (QED) is 0.693. The van der Waals surface area contributed by atoms with Gasteiger partial charge in [-0.05, 0) is 27.2 Å². The number of hydrogen-bond acceptors (Lipinski definition) is 4. The second-order valence-corrected chi connectivity index (χ2v) is 4.67. The van der Waals surface area contributed by atoms with Gasteiger partial charge in [-0.2, -0.15) is 0 Å². The largest absolute Gasteiger partial charge is 0.549 e. The third-order valence-electron chi connectivity index (χ3n) is 2.51. The smallest absolute Gasteiger partial charge is 0.193 e. The Morgan fingerprint density at radius 2 is 2.33 bits per heavy atom. The molecular formula is C11H18NO3-. The Morgan fingerprint density at radius 1 is 1.73 bits per heavy atom. The highest BCUT2D eigenvalue weighted by molar-refractivity contribution is 5.96. The van der Waals surface area contributed by atoms with Gasteiger partial charge in [-0.1, -0.05) is 6.92 Å². The summed E-state index contributed by atoms with van der Waals surface area (Å²) < 4.78 is 5.47. The first kappa shape index (κ1) is 12.0. The number of carboxylic acid groups (broad SMARTS) is 1. The molecule has 0 saturated carbocycles. The molecular weight excluding hydrogens is 194 g/mol. The molecule has 1 heterocycles. The van der Waals surface area contributed by atoms with Gasteiger partial charge in [0.2, 0.25) is 0 Å². The highest BCUT2D eigenvalue weighted by Gasteiger charge is 2.31. The first-order valence-corrected chi connectivity index (χ1v) is 5.33. The van der Waals surface area contributed by atoms with Crippen molar-refractivity contribution >= 4 is 11.9 Å². The molecule has 0 bridgehead atoms. The van der Waals surface area contributed by atoms with Crippen molar-refractivity contribution in [3.63, 3.8) is 0 Å². The van der Waals surface area contributed by atoms with Crippen molar-refractivity contribution in [2.24, 2.45) is 10.9 Å². The molecule has 0 aromatic heterocycles. The van der Waals surface area contributed by atoms with Crippen LogP contribution in [0.4, 0.5) is 0 Å². The Hall–Kier alpha value is -1.06. The van der Waals surface area contributed by atoms with Crippen LogP contribution in [0, 0.1) is 5.92 Å². The Balaban J connectivity index is 2.93. The molecule has 0 N–H and O–H groups in total. The minimum atomic E-state index is -1.11. The lowest BCUT2D eigenvalue weighted by Gasteiger charge is -2.34. The van der Waals surface area contributed by atoms with E-state index in [1.54, 1.807) is 6.92 Å². The molecule has 86 valence electrons. The van der Waals surface area contributed by atoms with E-state index >= 15 is 0 Å². The van der Waals surface area contributed by atoms with E-state index in [1.807, 2.05) is 20.8 Å². The molecule has 1 rings (SSSR count). The van der Waals surface area contributed by atoms with Crippen LogP contribution in [-0.4, -0.2) is 23.5 Å². The zero-order chi connectivity index (χ0) is 11.6. The van der Waals surface area contributed by atoms with Crippen LogP contribution in [0.15, 0.2) is 4.99 Å². The number of rotatable bonds is 3. The summed E-state index contributed by atoms with van der Waals surface area (Å²) in [5.41, 5.74) is -0.240. The number of ether oxygens (including phenoxy) is 1. The lowest BCUT2D eigenvalue weighted by molar-refractivity contribution is -0.309. The van der Waals surface area contributed by atoms with Gasteiger partial charge in [-0.15, -0.1) is 0 Å². The lowest BCUT2D eigenvalue weighted by atomic mass is 9.95. The fraction of sp³-hybridized carbons (Fsp3) is 0.818. The summed E-state index contributed by atoms with van der Waals surface area (Å²) in [6.45, 7) is 7.68. The second-order valence-electron chi connectivity index (χ2n) is 4.67. The molecule has 0 amide bonds. The molecule has 0 saturated heterocycles. The van der Waals surface area contributed by atoms with Gasteiger partial charge in [0, 0.05) is 6.42 Å². The fourth-order valence-corrected chi connectivity index (χ4v) is 1.92. The first-order valence-electron chi connectivity index (χ1n) is 5.33. The number of nitrogens with zero attached hydrogens (tertiary/aromatic N) is 1. The molecule has 0 aromatic rings. The van der Waals surface area contributed by atoms with E-state index in [0.29, 0.717) is 12.3 Å². The summed E-state index contributed by atoms with van der Waals surface area (Å²) in [5, 5.41) is 10.9. The summed E-state index contributed by atoms with van der Waals surface area (Å²) in [4.78, 5) is 15.2. The van der Waals surface area contributed by atoms with Gasteiger partial charge < -0.3 is 14.6 Å². The molecule has 0 spiro atoms. The van der Waals surface area contributed by atoms with Crippen molar-refractivity contribution in [1.29, 1.82) is 0 Å². The van der Waals surface area contributed by atoms with Crippen molar-refractivity contribution in [3.8, 4) is 0 Å². The minimum Gasteiger partial charge on any atom is -0.549 e. The Kier molecular flexibility index (Phi) is 3.37. The topological polar surface area (TPSA) is 61.7 Å². The van der Waals surface area contributed by atoms with Crippen LogP contribution < -0.4 is 5.11 Å². The molecule has 0 radical (unpaired) electrons. The van der Waals surface area contributed by atoms with Gasteiger partial charge in [0.15, 0.2) is 5.90 Å². The zero-order valence-corrected chi connectivity index (χ0v) is 9.74. The van der Waals surface area contributed by atoms with E-state index in [0.717, 1.165) is 6.42 Å². The van der Waals surface area contributed by atoms with Gasteiger partial charge in [-0.25, -0.2) is 4.99 Å². The maximum atomic E-state index is 10.9. The maximum absolute atomic E-state index is 10.9. The zero-order valence-electron chi connectivity index (χ0n) is 9.74. The number of carbonyl (C=O) groups is 1. The Bertz CT molecular complexity index is 284. The fourth-order valence-electron chi connectivity index (χ4n) is 1.92. The van der Waals surface area contributed by atoms with Crippen LogP contribution in [0.5, 0.6) is 0 Å². The molecule has 0 fully saturated rings. The van der Waals surface area contributed by atoms with E-state index in [2.05, 4.69) is 4.99 Å². The summed E-state index contributed by atoms with van der Waals surface area (Å²) in [6, 6.07) is 0. The van der Waals surface area contributed by atoms with Gasteiger partial charge in [0.1, 0.15) is 0 Å². The van der Waals surface area contributed by atoms with Crippen molar-refractivity contribution < 1.29 is 14.6 Å². The summed E-state index contributed by atoms with van der Waals surface area (Å²) in [6.07, 6.45) is 1.27. The SMILES string of the molecule is CCC(C(=O)[O-])C1=NC(C)(C)CC(C)O1. The van der Waals surface area contributed by atoms with Crippen molar-refractivity contribution in [1.82, 2.24) is 0 Å². The monoisotopic (exact) mass is 212 g/mol. The first-order chi connectivity index (χ1) is 6.85. The van der Waals surface area contributed by atoms with Crippen molar-refractivity contribution in [2.75, 3.05) is 0 Å². The molecule has 0 aliphatic carbocycles. The number of aliphatic carboxylic acids is 1. The van der Waals surface area contributed by atoms with Crippen molar-refractivity contribution in [3.05, 3.63) is 0 Å². The van der Waals surface area contributed by atoms with Crippen LogP contribution in [0.1, 0.15) is 40.5 Å². The standard InChI is InChI=1S/C11H19NO3/c1-5-8(10(13)14)9-12-11(3,4)6-7(2)15-9/h7-8H,5-6H2,1-4H3,(H,13,14)/p-1. The molecule has 4 nitrogen and oxygen atoms in total. The van der Waals surface area contributed by atoms with Gasteiger partial charge in [0.25, 0.3) is 0 Å². The molecule has 0 aromatic carbocycles. The number of carbonyl (C=O) groups excluding carboxylic acids is 1. The van der Waals surface area contributed by atoms with Gasteiger partial charge >= 0.3 is 0 Å². The van der Waals surface area contributed by atoms with E-state index in [9.17, 15) is 9.90 Å². The maximum Gasteiger partial charge on any atom is 0.193 e. The summed E-state index contributed by atoms with van der Waals surface area (Å²) in [5.74, 6) is -1.51. The highest BCUT2D eigenvalue weighted by atomic mass is 16.5. The van der Waals surface area contributed by atoms with Gasteiger partial charge in [0.05, 0.1) is 23.5 Å². The average Bonchev–Trinajstić information content (AvgIpc) is 1.99. The minimum absolute atomic E-state index is 0.0147. The molecule has 15 heavy (non-hydrogen) atoms. The molecule has 4 heteroatoms. The average molecular weight is 212 g/mol. The lowest BCUT2D eigenvalue weighted by Crippen LogP contribution is -2.43. The number of carboxylic acids is 1. The van der Waals surface area contributed by atoms with Crippen LogP contribution in [-0.2, 0) is 9.53 Å². The van der Waals surface area contributed by atoms with Crippen LogP contribution in [0.2, 0.25) is 0 Å². The van der Waals surface area contributed by atoms with E-state index in [4.69, 9.17) is 4.74 Å². The molecule has 2 atom stereocenters. The molecule has 1 aliphatic heterocycles. The highest BCUT2D eigenvalue weighted by Crippen LogP contribution is 2.26. The van der Waals surface area contributed by atoms with E-state index in [1.165, 1.54) is 0 Å². The third-order valence-corrected chi connectivity index (χ3v) is 2.51. The number of hydrogen-bond donors (Lipinski definition) is 0. The van der Waals surface area contributed by atoms with Gasteiger partial charge in [-0.3, -0.25) is 0 Å². The summed E-state index contributed by atoms with van der Waals surface area (Å²) >= 11 is 0. The number of aliphatic imine (C=N–C) groups is 1. The van der Waals surface area contributed by atoms with Crippen LogP contribution >= 0.6 is 0 Å². The normalized spacial score (nSPS) is 26.4. The Morgan fingerprint density at radius 3 is 2.73 bits per heavy atom. The predicted molar refractivity (Wildman–Crippen MR) is 55.5 cm³/mol. The van der Waals surface area contributed by atoms with E-state index < -0.39 is 11.9 Å². The third kappa shape index (κ3) is 2.94. The van der Waals surface area contributed by atoms with Crippen molar-refractivity contribution in [2.45, 2.75) is 52.2 Å². The predicted octanol–water partition coefficient (Wildman–Crippen LogP) is 0.748. The molecule has 2 unspecified atom stereocenters. The van der Waals surface area contributed by atoms with Crippen LogP contribution in [0.3, 0.4) is 0 Å². The Labute approximate surface area is 90.3 Å². The second kappa shape index (κ2) is 4.21. The van der Waals surface area contributed by atoms with E-state index in [-0.39, 0.29) is 11.6 Å². The summed E-state index contributed by atoms with van der Waals surface area (Å²) in [7, 11) is 0. The van der Waals surface area contributed by atoms with Crippen LogP contribution in [0.25, 0.3) is 0 Å².